The second kappa shape index (κ2) is 5.85. The Balaban J connectivity index is 2.06. The number of halogens is 1. The van der Waals surface area contributed by atoms with Crippen molar-refractivity contribution in [3.8, 4) is 5.75 Å². The van der Waals surface area contributed by atoms with Gasteiger partial charge in [0.05, 0.1) is 5.02 Å². The van der Waals surface area contributed by atoms with E-state index in [1.54, 1.807) is 6.20 Å². The summed E-state index contributed by atoms with van der Waals surface area (Å²) < 4.78 is 5.66. The molecule has 4 heteroatoms. The third-order valence-electron chi connectivity index (χ3n) is 2.56. The van der Waals surface area contributed by atoms with Crippen LogP contribution in [0.15, 0.2) is 36.7 Å². The fourth-order valence-electron chi connectivity index (χ4n) is 1.65. The van der Waals surface area contributed by atoms with Crippen LogP contribution in [0.4, 0.5) is 0 Å². The number of hydrogen-bond acceptors (Lipinski definition) is 3. The van der Waals surface area contributed by atoms with E-state index in [1.165, 1.54) is 0 Å². The Kier molecular flexibility index (Phi) is 4.18. The summed E-state index contributed by atoms with van der Waals surface area (Å²) in [5.74, 6) is 0.662. The van der Waals surface area contributed by atoms with E-state index >= 15 is 0 Å². The van der Waals surface area contributed by atoms with Gasteiger partial charge in [-0.15, -0.1) is 0 Å². The van der Waals surface area contributed by atoms with Crippen LogP contribution in [0, 0.1) is 6.92 Å². The molecule has 2 aromatic rings. The standard InChI is InChI=1S/C14H15ClN2O/c1-10-4-12(8-17-7-10)9-18-14-3-2-11(6-16)5-13(14)15/h2-5,7-8H,6,9,16H2,1H3. The van der Waals surface area contributed by atoms with Gasteiger partial charge in [0.2, 0.25) is 0 Å². The van der Waals surface area contributed by atoms with E-state index in [-0.39, 0.29) is 0 Å². The number of pyridine rings is 1. The number of aromatic nitrogens is 1. The van der Waals surface area contributed by atoms with Crippen molar-refractivity contribution in [2.45, 2.75) is 20.1 Å². The maximum atomic E-state index is 6.11. The summed E-state index contributed by atoms with van der Waals surface area (Å²) in [5.41, 5.74) is 8.67. The predicted molar refractivity (Wildman–Crippen MR) is 72.6 cm³/mol. The number of rotatable bonds is 4. The second-order valence-electron chi connectivity index (χ2n) is 4.13. The molecule has 0 saturated heterocycles. The van der Waals surface area contributed by atoms with Gasteiger partial charge in [-0.2, -0.15) is 0 Å². The first kappa shape index (κ1) is 12.9. The van der Waals surface area contributed by atoms with Crippen LogP contribution in [0.3, 0.4) is 0 Å². The minimum absolute atomic E-state index is 0.455. The van der Waals surface area contributed by atoms with E-state index in [2.05, 4.69) is 4.98 Å². The predicted octanol–water partition coefficient (Wildman–Crippen LogP) is 3.08. The van der Waals surface area contributed by atoms with Crippen molar-refractivity contribution < 1.29 is 4.74 Å². The number of ether oxygens (including phenoxy) is 1. The third kappa shape index (κ3) is 3.22. The lowest BCUT2D eigenvalue weighted by Crippen LogP contribution is -1.99. The molecule has 2 rings (SSSR count). The maximum absolute atomic E-state index is 6.11. The molecule has 1 aromatic carbocycles. The monoisotopic (exact) mass is 262 g/mol. The van der Waals surface area contributed by atoms with E-state index in [0.717, 1.165) is 16.7 Å². The maximum Gasteiger partial charge on any atom is 0.138 e. The summed E-state index contributed by atoms with van der Waals surface area (Å²) >= 11 is 6.11. The Morgan fingerprint density at radius 1 is 1.22 bits per heavy atom. The molecule has 0 amide bonds. The van der Waals surface area contributed by atoms with Crippen molar-refractivity contribution in [3.05, 3.63) is 58.4 Å². The van der Waals surface area contributed by atoms with Gasteiger partial charge in [0, 0.05) is 24.5 Å². The number of benzene rings is 1. The van der Waals surface area contributed by atoms with Crippen molar-refractivity contribution in [2.24, 2.45) is 5.73 Å². The van der Waals surface area contributed by atoms with Crippen molar-refractivity contribution in [2.75, 3.05) is 0 Å². The van der Waals surface area contributed by atoms with Gasteiger partial charge in [-0.25, -0.2) is 0 Å². The largest absolute Gasteiger partial charge is 0.487 e. The molecular formula is C14H15ClN2O. The molecule has 0 aliphatic carbocycles. The minimum atomic E-state index is 0.455. The molecular weight excluding hydrogens is 248 g/mol. The first-order valence-corrected chi connectivity index (χ1v) is 6.08. The zero-order valence-corrected chi connectivity index (χ0v) is 10.9. The highest BCUT2D eigenvalue weighted by atomic mass is 35.5. The Labute approximate surface area is 112 Å². The second-order valence-corrected chi connectivity index (χ2v) is 4.54. The van der Waals surface area contributed by atoms with E-state index in [9.17, 15) is 0 Å². The topological polar surface area (TPSA) is 48.1 Å². The summed E-state index contributed by atoms with van der Waals surface area (Å²) in [5, 5.41) is 0.582. The highest BCUT2D eigenvalue weighted by molar-refractivity contribution is 6.32. The zero-order chi connectivity index (χ0) is 13.0. The summed E-state index contributed by atoms with van der Waals surface area (Å²) in [6, 6.07) is 7.62. The molecule has 0 bridgehead atoms. The normalized spacial score (nSPS) is 10.4. The molecule has 2 N–H and O–H groups in total. The molecule has 1 aromatic heterocycles. The lowest BCUT2D eigenvalue weighted by molar-refractivity contribution is 0.306. The molecule has 0 spiro atoms. The van der Waals surface area contributed by atoms with Crippen LogP contribution < -0.4 is 10.5 Å². The number of nitrogens with zero attached hydrogens (tertiary/aromatic N) is 1. The quantitative estimate of drug-likeness (QED) is 0.921. The molecule has 0 aliphatic rings. The number of aryl methyl sites for hydroxylation is 1. The van der Waals surface area contributed by atoms with Crippen LogP contribution in [-0.4, -0.2) is 4.98 Å². The van der Waals surface area contributed by atoms with Crippen molar-refractivity contribution in [3.63, 3.8) is 0 Å². The van der Waals surface area contributed by atoms with Gasteiger partial charge in [-0.1, -0.05) is 17.7 Å². The van der Waals surface area contributed by atoms with Crippen LogP contribution in [0.1, 0.15) is 16.7 Å². The van der Waals surface area contributed by atoms with Crippen LogP contribution in [0.2, 0.25) is 5.02 Å². The molecule has 1 heterocycles. The molecule has 94 valence electrons. The summed E-state index contributed by atoms with van der Waals surface area (Å²) in [6.07, 6.45) is 3.60. The Bertz CT molecular complexity index is 543. The highest BCUT2D eigenvalue weighted by Gasteiger charge is 2.03. The summed E-state index contributed by atoms with van der Waals surface area (Å²) in [7, 11) is 0. The average molecular weight is 263 g/mol. The summed E-state index contributed by atoms with van der Waals surface area (Å²) in [6.45, 7) is 2.93. The van der Waals surface area contributed by atoms with Crippen molar-refractivity contribution >= 4 is 11.6 Å². The fourth-order valence-corrected chi connectivity index (χ4v) is 1.90. The minimum Gasteiger partial charge on any atom is -0.487 e. The van der Waals surface area contributed by atoms with Gasteiger partial charge >= 0.3 is 0 Å². The first-order valence-electron chi connectivity index (χ1n) is 5.71. The van der Waals surface area contributed by atoms with Gasteiger partial charge in [-0.05, 0) is 36.2 Å². The fraction of sp³-hybridized carbons (Fsp3) is 0.214. The molecule has 0 unspecified atom stereocenters. The lowest BCUT2D eigenvalue weighted by Gasteiger charge is -2.09. The van der Waals surface area contributed by atoms with Crippen molar-refractivity contribution in [1.82, 2.24) is 4.98 Å². The number of nitrogens with two attached hydrogens (primary N) is 1. The first-order chi connectivity index (χ1) is 8.69. The highest BCUT2D eigenvalue weighted by Crippen LogP contribution is 2.26. The SMILES string of the molecule is Cc1cncc(COc2ccc(CN)cc2Cl)c1. The molecule has 3 nitrogen and oxygen atoms in total. The summed E-state index contributed by atoms with van der Waals surface area (Å²) in [4.78, 5) is 4.12. The van der Waals surface area contributed by atoms with Gasteiger partial charge in [0.25, 0.3) is 0 Å². The van der Waals surface area contributed by atoms with E-state index in [4.69, 9.17) is 22.1 Å². The van der Waals surface area contributed by atoms with Gasteiger partial charge in [-0.3, -0.25) is 4.98 Å². The number of hydrogen-bond donors (Lipinski definition) is 1. The van der Waals surface area contributed by atoms with Gasteiger partial charge in [0.15, 0.2) is 0 Å². The molecule has 0 saturated carbocycles. The van der Waals surface area contributed by atoms with Crippen molar-refractivity contribution in [1.29, 1.82) is 0 Å². The van der Waals surface area contributed by atoms with Crippen LogP contribution in [-0.2, 0) is 13.2 Å². The van der Waals surface area contributed by atoms with Crippen LogP contribution in [0.25, 0.3) is 0 Å². The van der Waals surface area contributed by atoms with E-state index < -0.39 is 0 Å². The van der Waals surface area contributed by atoms with Crippen LogP contribution in [0.5, 0.6) is 5.75 Å². The smallest absolute Gasteiger partial charge is 0.138 e. The average Bonchev–Trinajstić information content (AvgIpc) is 2.37. The van der Waals surface area contributed by atoms with Crippen LogP contribution >= 0.6 is 11.6 Å². The Hall–Kier alpha value is -1.58. The van der Waals surface area contributed by atoms with E-state index in [0.29, 0.717) is 23.9 Å². The zero-order valence-electron chi connectivity index (χ0n) is 10.2. The Morgan fingerprint density at radius 3 is 2.72 bits per heavy atom. The molecule has 18 heavy (non-hydrogen) atoms. The molecule has 0 atom stereocenters. The lowest BCUT2D eigenvalue weighted by atomic mass is 10.2. The Morgan fingerprint density at radius 2 is 2.06 bits per heavy atom. The molecule has 0 radical (unpaired) electrons. The van der Waals surface area contributed by atoms with Gasteiger partial charge in [0.1, 0.15) is 12.4 Å². The van der Waals surface area contributed by atoms with Gasteiger partial charge < -0.3 is 10.5 Å². The third-order valence-corrected chi connectivity index (χ3v) is 2.85. The molecule has 0 fully saturated rings. The van der Waals surface area contributed by atoms with E-state index in [1.807, 2.05) is 37.4 Å². The molecule has 0 aliphatic heterocycles.